The number of unbranched alkanes of at least 4 members (excludes halogenated alkanes) is 7. The smallest absolute Gasteiger partial charge is 0.269 e. The number of pyridine rings is 1. The minimum absolute atomic E-state index is 0.0739. The maximum Gasteiger partial charge on any atom is 0.269 e. The molecule has 0 unspecified atom stereocenters. The molecule has 0 aliphatic rings. The zero-order chi connectivity index (χ0) is 22.9. The molecule has 2 N–H and O–H groups in total. The number of aromatic nitrogens is 1. The second kappa shape index (κ2) is 15.2. The van der Waals surface area contributed by atoms with Gasteiger partial charge in [0.2, 0.25) is 5.96 Å². The summed E-state index contributed by atoms with van der Waals surface area (Å²) in [6, 6.07) is 9.87. The lowest BCUT2D eigenvalue weighted by molar-refractivity contribution is -0.384. The van der Waals surface area contributed by atoms with E-state index in [1.807, 2.05) is 18.3 Å². The van der Waals surface area contributed by atoms with Crippen molar-refractivity contribution in [3.05, 3.63) is 58.9 Å². The van der Waals surface area contributed by atoms with Gasteiger partial charge in [-0.05, 0) is 37.1 Å². The molecule has 1 aromatic heterocycles. The number of rotatable bonds is 14. The Kier molecular flexibility index (Phi) is 11.7. The molecule has 32 heavy (non-hydrogen) atoms. The number of hydrogen-bond donors (Lipinski definition) is 2. The number of non-ortho nitro benzene ring substituents is 1. The van der Waals surface area contributed by atoms with Crippen LogP contribution >= 0.6 is 0 Å². The third-order valence-electron chi connectivity index (χ3n) is 4.74. The Labute approximate surface area is 188 Å². The molecule has 170 valence electrons. The van der Waals surface area contributed by atoms with Gasteiger partial charge in [-0.2, -0.15) is 5.26 Å². The lowest BCUT2D eigenvalue weighted by Crippen LogP contribution is -2.27. The Bertz CT molecular complexity index is 866. The average Bonchev–Trinajstić information content (AvgIpc) is 2.81. The molecule has 0 saturated carbocycles. The fraction of sp³-hybridized carbons (Fsp3) is 0.435. The molecule has 0 spiro atoms. The van der Waals surface area contributed by atoms with Crippen LogP contribution in [0.4, 0.5) is 11.4 Å². The van der Waals surface area contributed by atoms with Gasteiger partial charge in [-0.1, -0.05) is 38.5 Å². The number of anilines is 1. The van der Waals surface area contributed by atoms with Crippen molar-refractivity contribution in [2.45, 2.75) is 51.4 Å². The number of hydrogen-bond acceptors (Lipinski definition) is 6. The minimum atomic E-state index is -0.415. The van der Waals surface area contributed by atoms with Crippen molar-refractivity contribution in [2.75, 3.05) is 18.5 Å². The first kappa shape index (κ1) is 24.6. The van der Waals surface area contributed by atoms with Gasteiger partial charge in [-0.25, -0.2) is 0 Å². The number of nitrogens with one attached hydrogen (secondary N) is 2. The number of nitro groups is 1. The number of aliphatic imine (C=N–C) groups is 1. The molecule has 2 aromatic rings. The van der Waals surface area contributed by atoms with E-state index in [1.165, 1.54) is 37.8 Å². The molecule has 0 atom stereocenters. The predicted molar refractivity (Wildman–Crippen MR) is 124 cm³/mol. The normalized spacial score (nSPS) is 10.9. The van der Waals surface area contributed by atoms with E-state index >= 15 is 0 Å². The first-order valence-electron chi connectivity index (χ1n) is 10.9. The van der Waals surface area contributed by atoms with E-state index in [0.717, 1.165) is 31.4 Å². The lowest BCUT2D eigenvalue weighted by Gasteiger charge is -2.07. The molecule has 2 rings (SSSR count). The van der Waals surface area contributed by atoms with Crippen LogP contribution in [0.25, 0.3) is 0 Å². The molecule has 1 heterocycles. The van der Waals surface area contributed by atoms with E-state index < -0.39 is 4.92 Å². The molecule has 0 saturated heterocycles. The largest absolute Gasteiger partial charge is 0.494 e. The highest BCUT2D eigenvalue weighted by molar-refractivity contribution is 5.94. The molecule has 0 bridgehead atoms. The third-order valence-corrected chi connectivity index (χ3v) is 4.74. The highest BCUT2D eigenvalue weighted by atomic mass is 16.6. The fourth-order valence-electron chi connectivity index (χ4n) is 3.06. The van der Waals surface area contributed by atoms with E-state index in [0.29, 0.717) is 24.9 Å². The van der Waals surface area contributed by atoms with Gasteiger partial charge in [0.15, 0.2) is 6.19 Å². The number of ether oxygens (including phenoxy) is 1. The molecular weight excluding hydrogens is 408 g/mol. The summed E-state index contributed by atoms with van der Waals surface area (Å²) in [7, 11) is 0. The number of benzene rings is 1. The molecule has 0 amide bonds. The molecule has 9 heteroatoms. The molecule has 0 aliphatic heterocycles. The Morgan fingerprint density at radius 1 is 1.06 bits per heavy atom. The third kappa shape index (κ3) is 10.4. The zero-order valence-electron chi connectivity index (χ0n) is 18.2. The summed E-state index contributed by atoms with van der Waals surface area (Å²) >= 11 is 0. The van der Waals surface area contributed by atoms with Crippen LogP contribution in [0, 0.1) is 21.6 Å². The maximum atomic E-state index is 10.6. The van der Waals surface area contributed by atoms with Gasteiger partial charge in [0, 0.05) is 24.9 Å². The van der Waals surface area contributed by atoms with Gasteiger partial charge >= 0.3 is 0 Å². The van der Waals surface area contributed by atoms with Gasteiger partial charge < -0.3 is 10.1 Å². The second-order valence-electron chi connectivity index (χ2n) is 7.26. The standard InChI is InChI=1S/C23H30N6O3/c24-19-27-23(28-20-10-9-15-25-18-20)26-16-7-5-3-1-2-4-6-8-17-32-22-13-11-21(12-14-22)29(30)31/h9-15,18H,1-8,16-17H2,(H2,26,27,28). The van der Waals surface area contributed by atoms with Crippen molar-refractivity contribution in [1.29, 1.82) is 5.26 Å². The lowest BCUT2D eigenvalue weighted by atomic mass is 10.1. The van der Waals surface area contributed by atoms with Crippen molar-refractivity contribution in [2.24, 2.45) is 4.99 Å². The second-order valence-corrected chi connectivity index (χ2v) is 7.26. The Hall–Kier alpha value is -3.67. The van der Waals surface area contributed by atoms with Crippen LogP contribution in [0.15, 0.2) is 53.8 Å². The van der Waals surface area contributed by atoms with Crippen LogP contribution in [-0.2, 0) is 0 Å². The van der Waals surface area contributed by atoms with Gasteiger partial charge in [-0.15, -0.1) is 0 Å². The van der Waals surface area contributed by atoms with Crippen LogP contribution in [0.5, 0.6) is 5.75 Å². The minimum Gasteiger partial charge on any atom is -0.494 e. The SMILES string of the molecule is N#CNC(=NCCCCCCCCCCOc1ccc([N+](=O)[O-])cc1)Nc1cccnc1. The first-order valence-corrected chi connectivity index (χ1v) is 10.9. The Morgan fingerprint density at radius 3 is 2.38 bits per heavy atom. The molecule has 0 aliphatic carbocycles. The molecule has 1 aromatic carbocycles. The van der Waals surface area contributed by atoms with Crippen molar-refractivity contribution >= 4 is 17.3 Å². The fourth-order valence-corrected chi connectivity index (χ4v) is 3.06. The number of nitriles is 1. The average molecular weight is 439 g/mol. The van der Waals surface area contributed by atoms with Gasteiger partial charge in [-0.3, -0.25) is 25.4 Å². The number of nitrogens with zero attached hydrogens (tertiary/aromatic N) is 4. The maximum absolute atomic E-state index is 10.6. The summed E-state index contributed by atoms with van der Waals surface area (Å²) in [5.41, 5.74) is 0.858. The van der Waals surface area contributed by atoms with Crippen molar-refractivity contribution in [3.8, 4) is 11.9 Å². The first-order chi connectivity index (χ1) is 15.7. The van der Waals surface area contributed by atoms with Crippen molar-refractivity contribution in [1.82, 2.24) is 10.3 Å². The van der Waals surface area contributed by atoms with Gasteiger partial charge in [0.25, 0.3) is 5.69 Å². The monoisotopic (exact) mass is 438 g/mol. The molecular formula is C23H30N6O3. The van der Waals surface area contributed by atoms with E-state index in [4.69, 9.17) is 10.00 Å². The van der Waals surface area contributed by atoms with Crippen LogP contribution in [0.1, 0.15) is 51.4 Å². The summed E-state index contributed by atoms with van der Waals surface area (Å²) in [6.45, 7) is 1.29. The highest BCUT2D eigenvalue weighted by Gasteiger charge is 2.04. The summed E-state index contributed by atoms with van der Waals surface area (Å²) in [6.07, 6.45) is 14.2. The molecule has 9 nitrogen and oxygen atoms in total. The van der Waals surface area contributed by atoms with Crippen LogP contribution in [0.2, 0.25) is 0 Å². The summed E-state index contributed by atoms with van der Waals surface area (Å²) in [4.78, 5) is 18.6. The van der Waals surface area contributed by atoms with E-state index in [9.17, 15) is 10.1 Å². The van der Waals surface area contributed by atoms with E-state index in [2.05, 4.69) is 20.6 Å². The van der Waals surface area contributed by atoms with Crippen molar-refractivity contribution in [3.63, 3.8) is 0 Å². The number of guanidine groups is 1. The van der Waals surface area contributed by atoms with E-state index in [-0.39, 0.29) is 5.69 Å². The zero-order valence-corrected chi connectivity index (χ0v) is 18.2. The van der Waals surface area contributed by atoms with Crippen LogP contribution in [-0.4, -0.2) is 29.0 Å². The molecule has 0 fully saturated rings. The van der Waals surface area contributed by atoms with Gasteiger partial charge in [0.05, 0.1) is 23.4 Å². The quantitative estimate of drug-likeness (QED) is 0.0806. The Balaban J connectivity index is 1.45. The highest BCUT2D eigenvalue weighted by Crippen LogP contribution is 2.17. The van der Waals surface area contributed by atoms with Crippen LogP contribution < -0.4 is 15.4 Å². The number of nitro benzene ring substituents is 1. The molecule has 0 radical (unpaired) electrons. The summed E-state index contributed by atoms with van der Waals surface area (Å²) in [5, 5.41) is 25.1. The summed E-state index contributed by atoms with van der Waals surface area (Å²) < 4.78 is 5.62. The van der Waals surface area contributed by atoms with E-state index in [1.54, 1.807) is 24.5 Å². The van der Waals surface area contributed by atoms with Gasteiger partial charge in [0.1, 0.15) is 5.75 Å². The summed E-state index contributed by atoms with van der Waals surface area (Å²) in [5.74, 6) is 1.11. The van der Waals surface area contributed by atoms with Crippen LogP contribution in [0.3, 0.4) is 0 Å². The predicted octanol–water partition coefficient (Wildman–Crippen LogP) is 5.03. The Morgan fingerprint density at radius 2 is 1.75 bits per heavy atom. The van der Waals surface area contributed by atoms with Crippen molar-refractivity contribution < 1.29 is 9.66 Å². The topological polar surface area (TPSA) is 125 Å².